The van der Waals surface area contributed by atoms with E-state index in [2.05, 4.69) is 12.2 Å². The minimum absolute atomic E-state index is 0.0654. The molecule has 2 amide bonds. The van der Waals surface area contributed by atoms with E-state index in [9.17, 15) is 9.59 Å². The van der Waals surface area contributed by atoms with Crippen LogP contribution in [0.5, 0.6) is 0 Å². The molecule has 1 unspecified atom stereocenters. The van der Waals surface area contributed by atoms with Crippen LogP contribution in [0.1, 0.15) is 58.3 Å². The Morgan fingerprint density at radius 1 is 1.03 bits per heavy atom. The molecule has 0 radical (unpaired) electrons. The van der Waals surface area contributed by atoms with Crippen LogP contribution < -0.4 is 10.9 Å². The van der Waals surface area contributed by atoms with Gasteiger partial charge in [0.25, 0.3) is 5.56 Å². The number of anilines is 1. The van der Waals surface area contributed by atoms with E-state index < -0.39 is 0 Å². The topological polar surface area (TPSA) is 67.2 Å². The molecule has 0 fully saturated rings. The van der Waals surface area contributed by atoms with Crippen LogP contribution in [0.15, 0.2) is 59.4 Å². The Balaban J connectivity index is 1.95. The zero-order valence-corrected chi connectivity index (χ0v) is 18.7. The summed E-state index contributed by atoms with van der Waals surface area (Å²) in [6.07, 6.45) is 4.23. The van der Waals surface area contributed by atoms with E-state index >= 15 is 0 Å². The Morgan fingerprint density at radius 2 is 1.74 bits per heavy atom. The fraction of sp³-hybridized carbons (Fsp3) is 0.400. The van der Waals surface area contributed by atoms with Gasteiger partial charge >= 0.3 is 6.03 Å². The SMILES string of the molecule is CCCCCCN(C(=O)Nc1ccccc1)C(C)c1nc2ccccc2c(=O)n1CC. The van der Waals surface area contributed by atoms with Crippen LogP contribution in [0.4, 0.5) is 10.5 Å². The number of benzene rings is 2. The van der Waals surface area contributed by atoms with Gasteiger partial charge in [-0.1, -0.05) is 56.5 Å². The third kappa shape index (κ3) is 5.32. The summed E-state index contributed by atoms with van der Waals surface area (Å²) in [4.78, 5) is 32.9. The van der Waals surface area contributed by atoms with Crippen LogP contribution in [0.3, 0.4) is 0 Å². The van der Waals surface area contributed by atoms with Crippen molar-refractivity contribution in [3.05, 3.63) is 70.8 Å². The van der Waals surface area contributed by atoms with Gasteiger partial charge in [0, 0.05) is 18.8 Å². The molecular formula is C25H32N4O2. The zero-order chi connectivity index (χ0) is 22.2. The number of rotatable bonds is 9. The smallest absolute Gasteiger partial charge is 0.315 e. The van der Waals surface area contributed by atoms with Crippen molar-refractivity contribution < 1.29 is 4.79 Å². The molecule has 0 spiro atoms. The number of para-hydroxylation sites is 2. The highest BCUT2D eigenvalue weighted by Gasteiger charge is 2.25. The van der Waals surface area contributed by atoms with Crippen molar-refractivity contribution in [1.29, 1.82) is 0 Å². The summed E-state index contributed by atoms with van der Waals surface area (Å²) in [5, 5.41) is 3.60. The quantitative estimate of drug-likeness (QED) is 0.459. The number of hydrogen-bond acceptors (Lipinski definition) is 3. The number of nitrogens with zero attached hydrogens (tertiary/aromatic N) is 3. The Morgan fingerprint density at radius 3 is 2.45 bits per heavy atom. The number of aromatic nitrogens is 2. The molecule has 2 aromatic carbocycles. The summed E-state index contributed by atoms with van der Waals surface area (Å²) in [7, 11) is 0. The van der Waals surface area contributed by atoms with Crippen molar-refractivity contribution in [3.63, 3.8) is 0 Å². The first-order chi connectivity index (χ1) is 15.1. The first-order valence-electron chi connectivity index (χ1n) is 11.2. The lowest BCUT2D eigenvalue weighted by atomic mass is 10.1. The highest BCUT2D eigenvalue weighted by molar-refractivity contribution is 5.89. The fourth-order valence-corrected chi connectivity index (χ4v) is 3.85. The average Bonchev–Trinajstić information content (AvgIpc) is 2.79. The van der Waals surface area contributed by atoms with Crippen LogP contribution in [-0.2, 0) is 6.54 Å². The van der Waals surface area contributed by atoms with E-state index in [1.807, 2.05) is 62.4 Å². The maximum absolute atomic E-state index is 13.2. The maximum Gasteiger partial charge on any atom is 0.322 e. The van der Waals surface area contributed by atoms with Crippen molar-refractivity contribution in [1.82, 2.24) is 14.5 Å². The van der Waals surface area contributed by atoms with Crippen molar-refractivity contribution in [3.8, 4) is 0 Å². The van der Waals surface area contributed by atoms with Gasteiger partial charge in [0.05, 0.1) is 16.9 Å². The molecule has 0 aliphatic carbocycles. The van der Waals surface area contributed by atoms with E-state index in [-0.39, 0.29) is 17.6 Å². The summed E-state index contributed by atoms with van der Waals surface area (Å²) >= 11 is 0. The summed E-state index contributed by atoms with van der Waals surface area (Å²) in [6, 6.07) is 16.3. The highest BCUT2D eigenvalue weighted by Crippen LogP contribution is 2.22. The first-order valence-corrected chi connectivity index (χ1v) is 11.2. The zero-order valence-electron chi connectivity index (χ0n) is 18.7. The standard InChI is InChI=1S/C25H32N4O2/c1-4-6-7-13-18-29(25(31)26-20-14-9-8-10-15-20)19(3)23-27-22-17-12-11-16-21(22)24(30)28(23)5-2/h8-12,14-17,19H,4-7,13,18H2,1-3H3,(H,26,31). The molecule has 0 saturated carbocycles. The fourth-order valence-electron chi connectivity index (χ4n) is 3.85. The Hall–Kier alpha value is -3.15. The third-order valence-corrected chi connectivity index (χ3v) is 5.59. The van der Waals surface area contributed by atoms with Gasteiger partial charge in [0.2, 0.25) is 0 Å². The minimum atomic E-state index is -0.345. The second-order valence-corrected chi connectivity index (χ2v) is 7.76. The second kappa shape index (κ2) is 10.8. The Labute approximate surface area is 183 Å². The molecule has 0 aliphatic heterocycles. The third-order valence-electron chi connectivity index (χ3n) is 5.59. The second-order valence-electron chi connectivity index (χ2n) is 7.76. The van der Waals surface area contributed by atoms with Gasteiger partial charge < -0.3 is 10.2 Å². The van der Waals surface area contributed by atoms with Crippen LogP contribution >= 0.6 is 0 Å². The summed E-state index contributed by atoms with van der Waals surface area (Å²) in [5.74, 6) is 0.616. The van der Waals surface area contributed by atoms with Crippen LogP contribution in [0, 0.1) is 0 Å². The van der Waals surface area contributed by atoms with Gasteiger partial charge in [-0.15, -0.1) is 0 Å². The first kappa shape index (κ1) is 22.5. The number of fused-ring (bicyclic) bond motifs is 1. The molecule has 0 saturated heterocycles. The number of hydrogen-bond donors (Lipinski definition) is 1. The molecule has 6 nitrogen and oxygen atoms in total. The molecule has 31 heavy (non-hydrogen) atoms. The van der Waals surface area contributed by atoms with Gasteiger partial charge in [-0.3, -0.25) is 9.36 Å². The molecule has 0 aliphatic rings. The molecule has 6 heteroatoms. The van der Waals surface area contributed by atoms with E-state index in [4.69, 9.17) is 4.98 Å². The average molecular weight is 421 g/mol. The minimum Gasteiger partial charge on any atom is -0.315 e. The van der Waals surface area contributed by atoms with Gasteiger partial charge in [0.1, 0.15) is 5.82 Å². The molecular weight excluding hydrogens is 388 g/mol. The van der Waals surface area contributed by atoms with Gasteiger partial charge in [-0.25, -0.2) is 9.78 Å². The van der Waals surface area contributed by atoms with E-state index in [1.54, 1.807) is 15.5 Å². The van der Waals surface area contributed by atoms with Crippen LogP contribution in [-0.4, -0.2) is 27.0 Å². The molecule has 0 bridgehead atoms. The lowest BCUT2D eigenvalue weighted by Gasteiger charge is -2.30. The molecule has 1 atom stereocenters. The maximum atomic E-state index is 13.2. The Kier molecular flexibility index (Phi) is 7.82. The highest BCUT2D eigenvalue weighted by atomic mass is 16.2. The normalized spacial score (nSPS) is 12.0. The monoisotopic (exact) mass is 420 g/mol. The van der Waals surface area contributed by atoms with Crippen molar-refractivity contribution >= 4 is 22.6 Å². The summed E-state index contributed by atoms with van der Waals surface area (Å²) < 4.78 is 1.68. The molecule has 1 heterocycles. The van der Waals surface area contributed by atoms with Crippen molar-refractivity contribution in [2.45, 2.75) is 59.0 Å². The lowest BCUT2D eigenvalue weighted by Crippen LogP contribution is -2.40. The molecule has 1 N–H and O–H groups in total. The summed E-state index contributed by atoms with van der Waals surface area (Å²) in [5.41, 5.74) is 1.34. The van der Waals surface area contributed by atoms with E-state index in [1.165, 1.54) is 0 Å². The van der Waals surface area contributed by atoms with Gasteiger partial charge in [-0.05, 0) is 44.5 Å². The van der Waals surface area contributed by atoms with E-state index in [0.717, 1.165) is 31.4 Å². The number of carbonyl (C=O) groups excluding carboxylic acids is 1. The largest absolute Gasteiger partial charge is 0.322 e. The number of unbranched alkanes of at least 4 members (excludes halogenated alkanes) is 3. The summed E-state index contributed by atoms with van der Waals surface area (Å²) in [6.45, 7) is 7.16. The number of carbonyl (C=O) groups is 1. The molecule has 3 rings (SSSR count). The van der Waals surface area contributed by atoms with Crippen molar-refractivity contribution in [2.24, 2.45) is 0 Å². The van der Waals surface area contributed by atoms with Gasteiger partial charge in [0.15, 0.2) is 0 Å². The lowest BCUT2D eigenvalue weighted by molar-refractivity contribution is 0.186. The van der Waals surface area contributed by atoms with E-state index in [0.29, 0.717) is 29.8 Å². The predicted octanol–water partition coefficient (Wildman–Crippen LogP) is 5.59. The van der Waals surface area contributed by atoms with Gasteiger partial charge in [-0.2, -0.15) is 0 Å². The predicted molar refractivity (Wildman–Crippen MR) is 126 cm³/mol. The number of nitrogens with one attached hydrogen (secondary N) is 1. The van der Waals surface area contributed by atoms with Crippen LogP contribution in [0.2, 0.25) is 0 Å². The molecule has 164 valence electrons. The van der Waals surface area contributed by atoms with Crippen molar-refractivity contribution in [2.75, 3.05) is 11.9 Å². The Bertz CT molecular complexity index is 1060. The number of urea groups is 1. The molecule has 1 aromatic heterocycles. The molecule has 3 aromatic rings. The number of amides is 2. The van der Waals surface area contributed by atoms with Crippen LogP contribution in [0.25, 0.3) is 10.9 Å².